The maximum atomic E-state index is 11.2. The maximum absolute atomic E-state index is 11.2. The predicted molar refractivity (Wildman–Crippen MR) is 68.0 cm³/mol. The number of esters is 1. The number of hydrogen-bond acceptors (Lipinski definition) is 3. The van der Waals surface area contributed by atoms with Crippen LogP contribution in [0.1, 0.15) is 19.8 Å². The fraction of sp³-hybridized carbons (Fsp3) is 0.727. The van der Waals surface area contributed by atoms with Gasteiger partial charge in [0.15, 0.2) is 0 Å². The number of alkyl halides is 2. The lowest BCUT2D eigenvalue weighted by Crippen LogP contribution is -2.22. The lowest BCUT2D eigenvalue weighted by molar-refractivity contribution is -0.137. The molecular weight excluding hydrogens is 249 g/mol. The molecule has 0 aromatic heterocycles. The smallest absolute Gasteiger partial charge is 0.332 e. The van der Waals surface area contributed by atoms with Crippen molar-refractivity contribution in [1.82, 2.24) is 4.90 Å². The van der Waals surface area contributed by atoms with Crippen molar-refractivity contribution in [1.29, 1.82) is 0 Å². The Bertz CT molecular complexity index is 204. The van der Waals surface area contributed by atoms with Crippen LogP contribution in [0.2, 0.25) is 0 Å². The number of halogens is 2. The van der Waals surface area contributed by atoms with Crippen LogP contribution in [0.3, 0.4) is 0 Å². The summed E-state index contributed by atoms with van der Waals surface area (Å²) in [4.78, 5) is 13.1. The standard InChI is InChI=1S/C11H19Cl2NO2/c1-2-3-10-16-11(15)4-7-14(8-5-12)9-6-13/h4,7H,2-3,5-6,8-10H2,1H3/b7-4-. The molecule has 0 amide bonds. The summed E-state index contributed by atoms with van der Waals surface area (Å²) in [5.74, 6) is 0.695. The number of nitrogens with zero attached hydrogens (tertiary/aromatic N) is 1. The van der Waals surface area contributed by atoms with Gasteiger partial charge in [0.25, 0.3) is 0 Å². The van der Waals surface area contributed by atoms with E-state index in [0.717, 1.165) is 12.8 Å². The Balaban J connectivity index is 3.86. The zero-order valence-electron chi connectivity index (χ0n) is 9.62. The lowest BCUT2D eigenvalue weighted by Gasteiger charge is -2.16. The minimum absolute atomic E-state index is 0.317. The van der Waals surface area contributed by atoms with Gasteiger partial charge in [-0.15, -0.1) is 23.2 Å². The van der Waals surface area contributed by atoms with E-state index in [4.69, 9.17) is 27.9 Å². The third kappa shape index (κ3) is 8.86. The van der Waals surface area contributed by atoms with Crippen molar-refractivity contribution in [3.8, 4) is 0 Å². The Kier molecular flexibility index (Phi) is 10.8. The molecule has 0 N–H and O–H groups in total. The second-order valence-corrected chi connectivity index (χ2v) is 4.01. The molecule has 0 aromatic rings. The molecule has 0 spiro atoms. The molecule has 0 rings (SSSR count). The lowest BCUT2D eigenvalue weighted by atomic mass is 10.4. The molecule has 0 bridgehead atoms. The van der Waals surface area contributed by atoms with Gasteiger partial charge in [0.1, 0.15) is 0 Å². The van der Waals surface area contributed by atoms with Crippen molar-refractivity contribution in [3.63, 3.8) is 0 Å². The minimum Gasteiger partial charge on any atom is -0.462 e. The van der Waals surface area contributed by atoms with Crippen molar-refractivity contribution >= 4 is 29.2 Å². The van der Waals surface area contributed by atoms with Crippen molar-refractivity contribution in [2.24, 2.45) is 0 Å². The van der Waals surface area contributed by atoms with Crippen LogP contribution in [-0.2, 0) is 9.53 Å². The van der Waals surface area contributed by atoms with Gasteiger partial charge in [0.05, 0.1) is 6.61 Å². The highest BCUT2D eigenvalue weighted by atomic mass is 35.5. The molecular formula is C11H19Cl2NO2. The van der Waals surface area contributed by atoms with Gasteiger partial charge in [-0.2, -0.15) is 0 Å². The Morgan fingerprint density at radius 2 is 1.94 bits per heavy atom. The summed E-state index contributed by atoms with van der Waals surface area (Å²) in [6.07, 6.45) is 5.00. The zero-order chi connectivity index (χ0) is 12.2. The van der Waals surface area contributed by atoms with Crippen LogP contribution in [0.4, 0.5) is 0 Å². The molecule has 0 unspecified atom stereocenters. The molecule has 0 aliphatic heterocycles. The molecule has 0 heterocycles. The second kappa shape index (κ2) is 11.1. The van der Waals surface area contributed by atoms with Crippen molar-refractivity contribution < 1.29 is 9.53 Å². The van der Waals surface area contributed by atoms with E-state index >= 15 is 0 Å². The van der Waals surface area contributed by atoms with Gasteiger partial charge >= 0.3 is 5.97 Å². The number of ether oxygens (including phenoxy) is 1. The third-order valence-corrected chi connectivity index (χ3v) is 2.25. The molecule has 0 saturated carbocycles. The van der Waals surface area contributed by atoms with Crippen LogP contribution in [0.15, 0.2) is 12.3 Å². The van der Waals surface area contributed by atoms with Crippen molar-refractivity contribution in [2.75, 3.05) is 31.5 Å². The number of unbranched alkanes of at least 4 members (excludes halogenated alkanes) is 1. The van der Waals surface area contributed by atoms with Gasteiger partial charge in [0.2, 0.25) is 0 Å². The monoisotopic (exact) mass is 267 g/mol. The molecule has 94 valence electrons. The quantitative estimate of drug-likeness (QED) is 0.278. The van der Waals surface area contributed by atoms with E-state index in [2.05, 4.69) is 0 Å². The second-order valence-electron chi connectivity index (χ2n) is 3.25. The zero-order valence-corrected chi connectivity index (χ0v) is 11.1. The third-order valence-electron chi connectivity index (χ3n) is 1.91. The first-order chi connectivity index (χ1) is 7.74. The van der Waals surface area contributed by atoms with Crippen molar-refractivity contribution in [3.05, 3.63) is 12.3 Å². The summed E-state index contributed by atoms with van der Waals surface area (Å²) >= 11 is 11.2. The summed E-state index contributed by atoms with van der Waals surface area (Å²) in [6, 6.07) is 0. The number of carbonyl (C=O) groups excluding carboxylic acids is 1. The Hall–Kier alpha value is -0.410. The Labute approximate surface area is 107 Å². The maximum Gasteiger partial charge on any atom is 0.332 e. The van der Waals surface area contributed by atoms with E-state index in [0.29, 0.717) is 31.5 Å². The van der Waals surface area contributed by atoms with E-state index in [9.17, 15) is 4.79 Å². The predicted octanol–water partition coefficient (Wildman–Crippen LogP) is 2.62. The molecule has 3 nitrogen and oxygen atoms in total. The Morgan fingerprint density at radius 3 is 2.44 bits per heavy atom. The average Bonchev–Trinajstić information content (AvgIpc) is 2.27. The molecule has 0 aromatic carbocycles. The minimum atomic E-state index is -0.317. The summed E-state index contributed by atoms with van der Waals surface area (Å²) in [5.41, 5.74) is 0. The van der Waals surface area contributed by atoms with Gasteiger partial charge in [-0.3, -0.25) is 0 Å². The van der Waals surface area contributed by atoms with Gasteiger partial charge < -0.3 is 9.64 Å². The molecule has 5 heteroatoms. The van der Waals surface area contributed by atoms with Crippen LogP contribution < -0.4 is 0 Å². The van der Waals surface area contributed by atoms with Gasteiger partial charge in [-0.05, 0) is 6.42 Å². The van der Waals surface area contributed by atoms with Gasteiger partial charge in [-0.25, -0.2) is 4.79 Å². The topological polar surface area (TPSA) is 29.5 Å². The highest BCUT2D eigenvalue weighted by Gasteiger charge is 2.00. The number of carbonyl (C=O) groups is 1. The van der Waals surface area contributed by atoms with E-state index in [1.165, 1.54) is 6.08 Å². The normalized spacial score (nSPS) is 10.7. The summed E-state index contributed by atoms with van der Waals surface area (Å²) in [7, 11) is 0. The largest absolute Gasteiger partial charge is 0.462 e. The Morgan fingerprint density at radius 1 is 1.31 bits per heavy atom. The average molecular weight is 268 g/mol. The van der Waals surface area contributed by atoms with Crippen LogP contribution in [-0.4, -0.2) is 42.3 Å². The molecule has 0 saturated heterocycles. The SMILES string of the molecule is CCCCOC(=O)/C=C\N(CCCl)CCCl. The number of rotatable bonds is 9. The summed E-state index contributed by atoms with van der Waals surface area (Å²) < 4.78 is 4.97. The first-order valence-corrected chi connectivity index (χ1v) is 6.52. The van der Waals surface area contributed by atoms with E-state index < -0.39 is 0 Å². The van der Waals surface area contributed by atoms with Gasteiger partial charge in [-0.1, -0.05) is 13.3 Å². The van der Waals surface area contributed by atoms with E-state index in [1.807, 2.05) is 11.8 Å². The van der Waals surface area contributed by atoms with Crippen LogP contribution in [0.25, 0.3) is 0 Å². The molecule has 0 atom stereocenters. The molecule has 16 heavy (non-hydrogen) atoms. The first-order valence-electron chi connectivity index (χ1n) is 5.45. The van der Waals surface area contributed by atoms with Crippen molar-refractivity contribution in [2.45, 2.75) is 19.8 Å². The highest BCUT2D eigenvalue weighted by molar-refractivity contribution is 6.18. The highest BCUT2D eigenvalue weighted by Crippen LogP contribution is 1.95. The van der Waals surface area contributed by atoms with E-state index in [-0.39, 0.29) is 5.97 Å². The summed E-state index contributed by atoms with van der Waals surface area (Å²) in [5, 5.41) is 0. The summed E-state index contributed by atoms with van der Waals surface area (Å²) in [6.45, 7) is 3.87. The number of hydrogen-bond donors (Lipinski definition) is 0. The van der Waals surface area contributed by atoms with Crippen LogP contribution in [0.5, 0.6) is 0 Å². The van der Waals surface area contributed by atoms with Crippen LogP contribution in [0, 0.1) is 0 Å². The fourth-order valence-electron chi connectivity index (χ4n) is 1.01. The fourth-order valence-corrected chi connectivity index (χ4v) is 1.44. The van der Waals surface area contributed by atoms with E-state index in [1.54, 1.807) is 6.20 Å². The first kappa shape index (κ1) is 15.6. The van der Waals surface area contributed by atoms with Gasteiger partial charge in [0, 0.05) is 37.1 Å². The molecule has 0 aliphatic rings. The molecule has 0 aliphatic carbocycles. The van der Waals surface area contributed by atoms with Crippen LogP contribution >= 0.6 is 23.2 Å². The molecule has 0 fully saturated rings. The molecule has 0 radical (unpaired) electrons.